The number of nitrogens with zero attached hydrogens (tertiary/aromatic N) is 1. The van der Waals surface area contributed by atoms with Gasteiger partial charge in [-0.3, -0.25) is 9.59 Å². The smallest absolute Gasteiger partial charge is 0.397 e. The largest absolute Gasteiger partial charge is 0.507 e. The molecule has 1 saturated heterocycles. The van der Waals surface area contributed by atoms with Crippen molar-refractivity contribution in [3.8, 4) is 17.2 Å². The first-order chi connectivity index (χ1) is 15.8. The summed E-state index contributed by atoms with van der Waals surface area (Å²) in [6.07, 6.45) is 4.06. The van der Waals surface area contributed by atoms with Crippen molar-refractivity contribution in [2.75, 3.05) is 25.0 Å². The van der Waals surface area contributed by atoms with E-state index < -0.39 is 11.9 Å². The first-order valence-electron chi connectivity index (χ1n) is 10.9. The highest BCUT2D eigenvalue weighted by Gasteiger charge is 2.22. The van der Waals surface area contributed by atoms with Crippen LogP contribution in [0.5, 0.6) is 17.2 Å². The second-order valence-corrected chi connectivity index (χ2v) is 8.17. The van der Waals surface area contributed by atoms with Crippen LogP contribution in [0.15, 0.2) is 30.3 Å². The van der Waals surface area contributed by atoms with Crippen molar-refractivity contribution in [2.45, 2.75) is 39.5 Å². The molecule has 0 radical (unpaired) electrons. The number of benzene rings is 2. The Hall–Kier alpha value is -3.26. The summed E-state index contributed by atoms with van der Waals surface area (Å²) in [5.74, 6) is -1.59. The number of likely N-dealkylation sites (tertiary alicyclic amines) is 1. The van der Waals surface area contributed by atoms with Crippen LogP contribution < -0.4 is 10.1 Å². The van der Waals surface area contributed by atoms with Gasteiger partial charge in [0.15, 0.2) is 0 Å². The number of nitrogens with one attached hydrogen (secondary N) is 1. The summed E-state index contributed by atoms with van der Waals surface area (Å²) in [6, 6.07) is 7.50. The summed E-state index contributed by atoms with van der Waals surface area (Å²) in [6.45, 7) is 4.74. The van der Waals surface area contributed by atoms with Crippen LogP contribution in [0.1, 0.15) is 48.5 Å². The van der Waals surface area contributed by atoms with Crippen molar-refractivity contribution in [3.05, 3.63) is 46.5 Å². The number of hydrogen-bond acceptors (Lipinski definition) is 6. The molecule has 0 aliphatic carbocycles. The lowest BCUT2D eigenvalue weighted by molar-refractivity contribution is -0.152. The van der Waals surface area contributed by atoms with Gasteiger partial charge in [0.25, 0.3) is 5.91 Å². The molecule has 0 unspecified atom stereocenters. The molecule has 2 amide bonds. The molecule has 9 heteroatoms. The number of carbonyl (C=O) groups is 3. The van der Waals surface area contributed by atoms with E-state index in [1.807, 2.05) is 0 Å². The van der Waals surface area contributed by atoms with Gasteiger partial charge < -0.3 is 24.8 Å². The van der Waals surface area contributed by atoms with E-state index in [2.05, 4.69) is 10.1 Å². The fourth-order valence-electron chi connectivity index (χ4n) is 3.62. The van der Waals surface area contributed by atoms with E-state index >= 15 is 0 Å². The average molecular weight is 475 g/mol. The Kier molecular flexibility index (Phi) is 8.16. The van der Waals surface area contributed by atoms with Gasteiger partial charge in [-0.1, -0.05) is 24.4 Å². The number of ether oxygens (including phenoxy) is 2. The Balaban J connectivity index is 1.79. The highest BCUT2D eigenvalue weighted by atomic mass is 35.5. The molecule has 33 heavy (non-hydrogen) atoms. The molecule has 1 fully saturated rings. The number of carbonyl (C=O) groups excluding carboxylic acids is 3. The zero-order chi connectivity index (χ0) is 24.0. The number of aromatic hydroxyl groups is 1. The molecule has 176 valence electrons. The molecule has 2 aromatic carbocycles. The summed E-state index contributed by atoms with van der Waals surface area (Å²) in [4.78, 5) is 38.1. The van der Waals surface area contributed by atoms with Crippen LogP contribution in [0.4, 0.5) is 5.69 Å². The summed E-state index contributed by atoms with van der Waals surface area (Å²) in [5.41, 5.74) is 1.07. The third-order valence-corrected chi connectivity index (χ3v) is 5.54. The predicted octanol–water partition coefficient (Wildman–Crippen LogP) is 4.66. The standard InChI is InChI=1S/C24H27ClN2O6/c1-3-32-24(31)22(29)26-16-12-15(2)21(19(25)13-16)33-17-8-9-20(28)18(14-17)23(30)27-10-6-4-5-7-11-27/h8-9,12-14,28H,3-7,10-11H2,1-2H3,(H,26,29). The number of phenolic OH excluding ortho intramolecular Hbond substituents is 1. The molecule has 8 nitrogen and oxygen atoms in total. The summed E-state index contributed by atoms with van der Waals surface area (Å²) >= 11 is 6.37. The maximum absolute atomic E-state index is 13.0. The van der Waals surface area contributed by atoms with Crippen LogP contribution in [0.3, 0.4) is 0 Å². The third-order valence-electron chi connectivity index (χ3n) is 5.26. The fraction of sp³-hybridized carbons (Fsp3) is 0.375. The number of hydrogen-bond donors (Lipinski definition) is 2. The fourth-order valence-corrected chi connectivity index (χ4v) is 3.93. The molecule has 0 atom stereocenters. The van der Waals surface area contributed by atoms with Gasteiger partial charge in [0, 0.05) is 18.8 Å². The number of phenols is 1. The normalized spacial score (nSPS) is 13.7. The predicted molar refractivity (Wildman–Crippen MR) is 124 cm³/mol. The lowest BCUT2D eigenvalue weighted by atomic mass is 10.1. The molecule has 2 N–H and O–H groups in total. The van der Waals surface area contributed by atoms with Gasteiger partial charge in [-0.2, -0.15) is 0 Å². The van der Waals surface area contributed by atoms with E-state index in [1.165, 1.54) is 18.2 Å². The number of anilines is 1. The highest BCUT2D eigenvalue weighted by Crippen LogP contribution is 2.37. The number of esters is 1. The molecular weight excluding hydrogens is 448 g/mol. The Morgan fingerprint density at radius 2 is 1.79 bits per heavy atom. The maximum Gasteiger partial charge on any atom is 0.397 e. The molecule has 1 aliphatic rings. The van der Waals surface area contributed by atoms with Crippen LogP contribution in [-0.2, 0) is 14.3 Å². The third kappa shape index (κ3) is 6.16. The zero-order valence-electron chi connectivity index (χ0n) is 18.7. The molecule has 1 aliphatic heterocycles. The molecule has 0 spiro atoms. The van der Waals surface area contributed by atoms with Gasteiger partial charge in [-0.25, -0.2) is 4.79 Å². The van der Waals surface area contributed by atoms with E-state index in [-0.39, 0.29) is 28.8 Å². The Bertz CT molecular complexity index is 1020. The number of rotatable bonds is 5. The molecule has 0 saturated carbocycles. The van der Waals surface area contributed by atoms with Crippen LogP contribution in [0.2, 0.25) is 5.02 Å². The molecule has 2 aromatic rings. The summed E-state index contributed by atoms with van der Waals surface area (Å²) < 4.78 is 10.6. The van der Waals surface area contributed by atoms with Crippen LogP contribution >= 0.6 is 11.6 Å². The van der Waals surface area contributed by atoms with Crippen molar-refractivity contribution >= 4 is 35.1 Å². The highest BCUT2D eigenvalue weighted by molar-refractivity contribution is 6.37. The van der Waals surface area contributed by atoms with E-state index in [9.17, 15) is 19.5 Å². The first kappa shape index (κ1) is 24.4. The molecule has 3 rings (SSSR count). The minimum absolute atomic E-state index is 0.0910. The van der Waals surface area contributed by atoms with Crippen molar-refractivity contribution in [1.82, 2.24) is 4.90 Å². The van der Waals surface area contributed by atoms with E-state index in [4.69, 9.17) is 16.3 Å². The van der Waals surface area contributed by atoms with Crippen molar-refractivity contribution < 1.29 is 29.0 Å². The van der Waals surface area contributed by atoms with Gasteiger partial charge in [-0.15, -0.1) is 0 Å². The summed E-state index contributed by atoms with van der Waals surface area (Å²) in [7, 11) is 0. The van der Waals surface area contributed by atoms with Crippen molar-refractivity contribution in [1.29, 1.82) is 0 Å². The molecule has 0 bridgehead atoms. The lowest BCUT2D eigenvalue weighted by Crippen LogP contribution is -2.31. The lowest BCUT2D eigenvalue weighted by Gasteiger charge is -2.21. The molecule has 1 heterocycles. The van der Waals surface area contributed by atoms with Crippen molar-refractivity contribution in [2.24, 2.45) is 0 Å². The Labute approximate surface area is 197 Å². The monoisotopic (exact) mass is 474 g/mol. The van der Waals surface area contributed by atoms with E-state index in [1.54, 1.807) is 30.9 Å². The Morgan fingerprint density at radius 1 is 1.09 bits per heavy atom. The van der Waals surface area contributed by atoms with Gasteiger partial charge in [0.2, 0.25) is 0 Å². The SMILES string of the molecule is CCOC(=O)C(=O)Nc1cc(C)c(Oc2ccc(O)c(C(=O)N3CCCCCC3)c2)c(Cl)c1. The minimum Gasteiger partial charge on any atom is -0.507 e. The van der Waals surface area contributed by atoms with Crippen LogP contribution in [0, 0.1) is 6.92 Å². The minimum atomic E-state index is -0.989. The van der Waals surface area contributed by atoms with Crippen molar-refractivity contribution in [3.63, 3.8) is 0 Å². The van der Waals surface area contributed by atoms with Crippen LogP contribution in [0.25, 0.3) is 0 Å². The van der Waals surface area contributed by atoms with E-state index in [0.717, 1.165) is 25.7 Å². The number of amides is 2. The van der Waals surface area contributed by atoms with Crippen LogP contribution in [-0.4, -0.2) is 47.5 Å². The molecule has 0 aromatic heterocycles. The Morgan fingerprint density at radius 3 is 2.42 bits per heavy atom. The van der Waals surface area contributed by atoms with Gasteiger partial charge in [0.1, 0.15) is 17.2 Å². The second kappa shape index (κ2) is 11.0. The summed E-state index contributed by atoms with van der Waals surface area (Å²) in [5, 5.41) is 12.9. The maximum atomic E-state index is 13.0. The quantitative estimate of drug-likeness (QED) is 0.482. The number of halogens is 1. The van der Waals surface area contributed by atoms with Gasteiger partial charge in [0.05, 0.1) is 17.2 Å². The zero-order valence-corrected chi connectivity index (χ0v) is 19.4. The molecular formula is C24H27ClN2O6. The second-order valence-electron chi connectivity index (χ2n) is 7.77. The van der Waals surface area contributed by atoms with Gasteiger partial charge in [-0.05, 0) is 62.6 Å². The van der Waals surface area contributed by atoms with E-state index in [0.29, 0.717) is 35.8 Å². The first-order valence-corrected chi connectivity index (χ1v) is 11.3. The topological polar surface area (TPSA) is 105 Å². The van der Waals surface area contributed by atoms with Gasteiger partial charge >= 0.3 is 11.9 Å². The number of aryl methyl sites for hydroxylation is 1. The average Bonchev–Trinajstić information content (AvgIpc) is 3.06.